The molecule has 90 valence electrons. The zero-order valence-corrected chi connectivity index (χ0v) is 9.75. The Morgan fingerprint density at radius 3 is 2.33 bits per heavy atom. The lowest BCUT2D eigenvalue weighted by Gasteiger charge is -2.04. The summed E-state index contributed by atoms with van der Waals surface area (Å²) in [4.78, 5) is 10.6. The number of rotatable bonds is 10. The highest BCUT2D eigenvalue weighted by molar-refractivity contribution is 8.13. The molecular formula is C9H18O5S. The fourth-order valence-electron chi connectivity index (χ4n) is 0.724. The fraction of sp³-hybridized carbons (Fsp3) is 0.889. The molecule has 0 atom stereocenters. The maximum absolute atomic E-state index is 10.6. The summed E-state index contributed by atoms with van der Waals surface area (Å²) in [5, 5.41) is 8.19. The molecule has 1 N–H and O–H groups in total. The van der Waals surface area contributed by atoms with E-state index in [2.05, 4.69) is 0 Å². The molecule has 0 aliphatic carbocycles. The maximum atomic E-state index is 10.6. The van der Waals surface area contributed by atoms with Crippen molar-refractivity contribution in [2.75, 3.05) is 52.5 Å². The fourth-order valence-corrected chi connectivity index (χ4v) is 1.24. The summed E-state index contributed by atoms with van der Waals surface area (Å²) >= 11 is 1.07. The van der Waals surface area contributed by atoms with E-state index in [1.807, 2.05) is 0 Å². The Bertz CT molecular complexity index is 153. The van der Waals surface area contributed by atoms with E-state index in [0.29, 0.717) is 38.8 Å². The number of carbonyl (C=O) groups excluding carboxylic acids is 1. The molecule has 0 aromatic heterocycles. The molecule has 0 aliphatic rings. The normalized spacial score (nSPS) is 10.5. The van der Waals surface area contributed by atoms with Crippen LogP contribution in [0.4, 0.5) is 0 Å². The largest absolute Gasteiger partial charge is 0.388 e. The van der Waals surface area contributed by atoms with E-state index in [-0.39, 0.29) is 5.12 Å². The third kappa shape index (κ3) is 11.8. The van der Waals surface area contributed by atoms with Crippen molar-refractivity contribution < 1.29 is 24.1 Å². The first-order valence-electron chi connectivity index (χ1n) is 4.72. The van der Waals surface area contributed by atoms with Crippen LogP contribution in [0.15, 0.2) is 0 Å². The molecule has 0 spiro atoms. The van der Waals surface area contributed by atoms with Gasteiger partial charge in [0, 0.05) is 12.9 Å². The van der Waals surface area contributed by atoms with E-state index >= 15 is 0 Å². The number of aliphatic hydroxyl groups is 1. The van der Waals surface area contributed by atoms with E-state index in [9.17, 15) is 4.79 Å². The number of hydrogen-bond donors (Lipinski definition) is 1. The Kier molecular flexibility index (Phi) is 11.8. The van der Waals surface area contributed by atoms with E-state index in [1.165, 1.54) is 0 Å². The molecule has 0 radical (unpaired) electrons. The average Bonchev–Trinajstić information content (AvgIpc) is 2.26. The molecule has 0 aromatic carbocycles. The van der Waals surface area contributed by atoms with Gasteiger partial charge in [0.25, 0.3) is 0 Å². The Hall–Kier alpha value is -0.140. The second kappa shape index (κ2) is 11.9. The molecule has 0 saturated carbocycles. The highest BCUT2D eigenvalue weighted by Gasteiger charge is 1.98. The lowest BCUT2D eigenvalue weighted by atomic mass is 10.7. The first kappa shape index (κ1) is 14.9. The van der Waals surface area contributed by atoms with Crippen LogP contribution in [0.5, 0.6) is 0 Å². The maximum Gasteiger partial charge on any atom is 0.214 e. The molecule has 5 nitrogen and oxygen atoms in total. The number of ether oxygens (including phenoxy) is 3. The van der Waals surface area contributed by atoms with Gasteiger partial charge in [0.2, 0.25) is 5.12 Å². The molecule has 0 aliphatic heterocycles. The van der Waals surface area contributed by atoms with Gasteiger partial charge in [-0.2, -0.15) is 0 Å². The summed E-state index contributed by atoms with van der Waals surface area (Å²) in [6.07, 6.45) is 0. The molecule has 0 rings (SSSR count). The van der Waals surface area contributed by atoms with E-state index in [0.717, 1.165) is 11.8 Å². The van der Waals surface area contributed by atoms with Gasteiger partial charge in [-0.25, -0.2) is 0 Å². The molecule has 0 heterocycles. The Balaban J connectivity index is 2.95. The summed E-state index contributed by atoms with van der Waals surface area (Å²) in [5.74, 6) is 0.567. The van der Waals surface area contributed by atoms with Crippen molar-refractivity contribution >= 4 is 16.9 Å². The van der Waals surface area contributed by atoms with Gasteiger partial charge in [-0.1, -0.05) is 11.8 Å². The van der Waals surface area contributed by atoms with Crippen molar-refractivity contribution in [2.45, 2.75) is 0 Å². The van der Waals surface area contributed by atoms with Crippen LogP contribution in [0.25, 0.3) is 0 Å². The zero-order chi connectivity index (χ0) is 11.4. The monoisotopic (exact) mass is 238 g/mol. The van der Waals surface area contributed by atoms with Crippen LogP contribution in [0.1, 0.15) is 0 Å². The Labute approximate surface area is 94.1 Å². The van der Waals surface area contributed by atoms with Crippen LogP contribution >= 0.6 is 11.8 Å². The second-order valence-corrected chi connectivity index (χ2v) is 3.75. The Morgan fingerprint density at radius 1 is 1.13 bits per heavy atom. The van der Waals surface area contributed by atoms with Crippen molar-refractivity contribution in [2.24, 2.45) is 0 Å². The lowest BCUT2D eigenvalue weighted by molar-refractivity contribution is -0.113. The van der Waals surface area contributed by atoms with Gasteiger partial charge in [0.15, 0.2) is 0 Å². The van der Waals surface area contributed by atoms with Crippen LogP contribution in [0.2, 0.25) is 0 Å². The number of hydrogen-bond acceptors (Lipinski definition) is 6. The first-order chi connectivity index (χ1) is 7.31. The predicted molar refractivity (Wildman–Crippen MR) is 58.1 cm³/mol. The van der Waals surface area contributed by atoms with E-state index < -0.39 is 6.61 Å². The second-order valence-electron chi connectivity index (χ2n) is 2.60. The molecule has 0 unspecified atom stereocenters. The molecule has 15 heavy (non-hydrogen) atoms. The third-order valence-corrected chi connectivity index (χ3v) is 2.25. The van der Waals surface area contributed by atoms with Crippen LogP contribution < -0.4 is 0 Å². The van der Waals surface area contributed by atoms with Crippen molar-refractivity contribution in [1.82, 2.24) is 0 Å². The first-order valence-corrected chi connectivity index (χ1v) is 5.70. The highest BCUT2D eigenvalue weighted by atomic mass is 32.2. The molecule has 6 heteroatoms. The summed E-state index contributed by atoms with van der Waals surface area (Å²) in [6.45, 7) is 2.27. The smallest absolute Gasteiger partial charge is 0.214 e. The number of thioether (sulfide) groups is 1. The molecule has 0 saturated heterocycles. The molecule has 0 bridgehead atoms. The van der Waals surface area contributed by atoms with Gasteiger partial charge in [0.05, 0.1) is 33.0 Å². The van der Waals surface area contributed by atoms with Gasteiger partial charge in [-0.05, 0) is 0 Å². The van der Waals surface area contributed by atoms with Crippen LogP contribution in [-0.2, 0) is 19.0 Å². The zero-order valence-electron chi connectivity index (χ0n) is 8.94. The number of aliphatic hydroxyl groups excluding tert-OH is 1. The summed E-state index contributed by atoms with van der Waals surface area (Å²) in [7, 11) is 1.62. The summed E-state index contributed by atoms with van der Waals surface area (Å²) in [6, 6.07) is 0. The number of methoxy groups -OCH3 is 1. The minimum Gasteiger partial charge on any atom is -0.388 e. The minimum atomic E-state index is -0.412. The van der Waals surface area contributed by atoms with Crippen LogP contribution in [0, 0.1) is 0 Å². The lowest BCUT2D eigenvalue weighted by Crippen LogP contribution is -2.10. The topological polar surface area (TPSA) is 65.0 Å². The van der Waals surface area contributed by atoms with Crippen molar-refractivity contribution in [3.05, 3.63) is 0 Å². The van der Waals surface area contributed by atoms with Crippen molar-refractivity contribution in [3.63, 3.8) is 0 Å². The SMILES string of the molecule is COCCOCCOCCSC(=O)CO. The Morgan fingerprint density at radius 2 is 1.73 bits per heavy atom. The molecule has 0 fully saturated rings. The van der Waals surface area contributed by atoms with Crippen molar-refractivity contribution in [1.29, 1.82) is 0 Å². The molecular weight excluding hydrogens is 220 g/mol. The van der Waals surface area contributed by atoms with Gasteiger partial charge >= 0.3 is 0 Å². The standard InChI is InChI=1S/C9H18O5S/c1-12-2-3-13-4-5-14-6-7-15-9(11)8-10/h10H,2-8H2,1H3. The highest BCUT2D eigenvalue weighted by Crippen LogP contribution is 2.00. The van der Waals surface area contributed by atoms with Crippen LogP contribution in [-0.4, -0.2) is 62.7 Å². The van der Waals surface area contributed by atoms with Gasteiger partial charge in [-0.15, -0.1) is 0 Å². The van der Waals surface area contributed by atoms with Gasteiger partial charge < -0.3 is 19.3 Å². The average molecular weight is 238 g/mol. The summed E-state index contributed by atoms with van der Waals surface area (Å²) in [5.41, 5.74) is 0. The van der Waals surface area contributed by atoms with Crippen molar-refractivity contribution in [3.8, 4) is 0 Å². The van der Waals surface area contributed by atoms with E-state index in [1.54, 1.807) is 7.11 Å². The molecule has 0 amide bonds. The van der Waals surface area contributed by atoms with Gasteiger partial charge in [-0.3, -0.25) is 4.79 Å². The number of carbonyl (C=O) groups is 1. The van der Waals surface area contributed by atoms with Crippen LogP contribution in [0.3, 0.4) is 0 Å². The summed E-state index contributed by atoms with van der Waals surface area (Å²) < 4.78 is 15.1. The van der Waals surface area contributed by atoms with Gasteiger partial charge in [0.1, 0.15) is 6.61 Å². The predicted octanol–water partition coefficient (Wildman–Crippen LogP) is -0.0819. The molecule has 0 aromatic rings. The van der Waals surface area contributed by atoms with E-state index in [4.69, 9.17) is 19.3 Å². The minimum absolute atomic E-state index is 0.227. The quantitative estimate of drug-likeness (QED) is 0.537. The third-order valence-electron chi connectivity index (χ3n) is 1.42.